The van der Waals surface area contributed by atoms with Crippen LogP contribution in [0.1, 0.15) is 26.3 Å². The first kappa shape index (κ1) is 32.1. The second-order valence-electron chi connectivity index (χ2n) is 8.53. The van der Waals surface area contributed by atoms with Crippen molar-refractivity contribution in [1.29, 1.82) is 0 Å². The van der Waals surface area contributed by atoms with Gasteiger partial charge in [0.2, 0.25) is 0 Å². The highest BCUT2D eigenvalue weighted by atomic mass is 32.2. The fourth-order valence-corrected chi connectivity index (χ4v) is 3.21. The zero-order chi connectivity index (χ0) is 29.7. The molecule has 1 rings (SSSR count). The van der Waals surface area contributed by atoms with Gasteiger partial charge in [-0.1, -0.05) is 0 Å². The topological polar surface area (TPSA) is 278 Å². The summed E-state index contributed by atoms with van der Waals surface area (Å²) < 4.78 is 37.5. The van der Waals surface area contributed by atoms with Crippen LogP contribution in [0.25, 0.3) is 0 Å². The normalized spacial score (nSPS) is 14.9. The minimum absolute atomic E-state index is 0.232. The van der Waals surface area contributed by atoms with E-state index in [0.29, 0.717) is 11.8 Å². The summed E-state index contributed by atoms with van der Waals surface area (Å²) in [7, 11) is -4.83. The number of carbonyl (C=O) groups is 4. The minimum Gasteiger partial charge on any atom is -0.478 e. The molecule has 0 saturated heterocycles. The summed E-state index contributed by atoms with van der Waals surface area (Å²) in [6.07, 6.45) is -1.47. The van der Waals surface area contributed by atoms with Crippen molar-refractivity contribution in [1.82, 2.24) is 5.06 Å². The van der Waals surface area contributed by atoms with Crippen molar-refractivity contribution in [3.8, 4) is 0 Å². The smallest absolute Gasteiger partial charge is 0.437 e. The molecule has 0 radical (unpaired) electrons. The lowest BCUT2D eigenvalue weighted by Crippen LogP contribution is -2.82. The van der Waals surface area contributed by atoms with Crippen LogP contribution in [0.2, 0.25) is 0 Å². The Morgan fingerprint density at radius 2 is 1.58 bits per heavy atom. The molecular formula is C19H26N4O14S. The molecule has 1 aromatic rings. The number of hydroxylamine groups is 2. The Hall–Kier alpha value is -3.91. The molecule has 6 N–H and O–H groups in total. The number of benzene rings is 1. The number of nitro benzene ring substituents is 1. The Morgan fingerprint density at radius 1 is 1.05 bits per heavy atom. The molecule has 0 aliphatic rings. The highest BCUT2D eigenvalue weighted by Gasteiger charge is 2.68. The third-order valence-corrected chi connectivity index (χ3v) is 4.80. The van der Waals surface area contributed by atoms with Gasteiger partial charge in [0, 0.05) is 12.1 Å². The van der Waals surface area contributed by atoms with Gasteiger partial charge in [0.05, 0.1) is 11.2 Å². The number of carboxylic acids is 2. The summed E-state index contributed by atoms with van der Waals surface area (Å²) in [5.41, 5.74) is 2.08. The summed E-state index contributed by atoms with van der Waals surface area (Å²) in [6.45, 7) is 2.21. The average Bonchev–Trinajstić information content (AvgIpc) is 2.75. The van der Waals surface area contributed by atoms with Gasteiger partial charge < -0.3 is 19.7 Å². The van der Waals surface area contributed by atoms with Crippen LogP contribution in [0.4, 0.5) is 10.5 Å². The number of aliphatic carboxylic acids is 2. The van der Waals surface area contributed by atoms with Crippen LogP contribution in [-0.2, 0) is 49.6 Å². The van der Waals surface area contributed by atoms with Crippen LogP contribution in [-0.4, -0.2) is 82.5 Å². The number of non-ortho nitro benzene ring substituents is 1. The van der Waals surface area contributed by atoms with E-state index in [1.165, 1.54) is 32.9 Å². The molecular weight excluding hydrogens is 540 g/mol. The lowest BCUT2D eigenvalue weighted by atomic mass is 9.97. The van der Waals surface area contributed by atoms with Crippen LogP contribution in [0.5, 0.6) is 0 Å². The second-order valence-corrected chi connectivity index (χ2v) is 10.1. The maximum Gasteiger partial charge on any atom is 0.437 e. The zero-order valence-electron chi connectivity index (χ0n) is 20.5. The number of ether oxygens (including phenoxy) is 2. The number of carboxylic acid groups (broad SMARTS) is 2. The molecule has 1 aromatic carbocycles. The predicted molar refractivity (Wildman–Crippen MR) is 122 cm³/mol. The minimum atomic E-state index is -4.83. The number of hydrogen-bond donors (Lipinski definition) is 4. The van der Waals surface area contributed by atoms with Crippen LogP contribution in [0.3, 0.4) is 0 Å². The van der Waals surface area contributed by atoms with E-state index in [1.807, 2.05) is 0 Å². The number of rotatable bonds is 12. The number of esters is 1. The van der Waals surface area contributed by atoms with Crippen molar-refractivity contribution in [3.63, 3.8) is 0 Å². The maximum atomic E-state index is 12.8. The molecule has 38 heavy (non-hydrogen) atoms. The van der Waals surface area contributed by atoms with Gasteiger partial charge in [0.25, 0.3) is 27.2 Å². The van der Waals surface area contributed by atoms with Crippen molar-refractivity contribution in [2.45, 2.75) is 44.4 Å². The molecule has 212 valence electrons. The number of amides is 1. The molecule has 18 nitrogen and oxygen atoms in total. The van der Waals surface area contributed by atoms with E-state index in [4.69, 9.17) is 25.8 Å². The van der Waals surface area contributed by atoms with E-state index in [0.717, 1.165) is 12.1 Å². The van der Waals surface area contributed by atoms with Gasteiger partial charge in [0.15, 0.2) is 6.61 Å². The summed E-state index contributed by atoms with van der Waals surface area (Å²) in [6, 6.07) is 4.81. The standard InChI is InChI=1S/C19H26N4O14S/c1-17(2,3)36-16(29)22(18(20,14(25)26)19(21,15(27)28)37-38(4,32)33)35-10-13(24)34-9-11-5-7-12(8-6-11)23(30)31/h5-8H,9-10,20-21H2,1-4H3,(H,25,26)(H,27,28)/t18-,19?/m1/s1. The molecule has 0 spiro atoms. The summed E-state index contributed by atoms with van der Waals surface area (Å²) in [5.74, 6) is -6.16. The van der Waals surface area contributed by atoms with Gasteiger partial charge in [-0.05, 0) is 38.5 Å². The lowest BCUT2D eigenvalue weighted by Gasteiger charge is -2.43. The quantitative estimate of drug-likeness (QED) is 0.0796. The predicted octanol–water partition coefficient (Wildman–Crippen LogP) is -0.738. The van der Waals surface area contributed by atoms with E-state index in [1.54, 1.807) is 0 Å². The monoisotopic (exact) mass is 566 g/mol. The third kappa shape index (κ3) is 8.05. The van der Waals surface area contributed by atoms with Crippen molar-refractivity contribution in [3.05, 3.63) is 39.9 Å². The van der Waals surface area contributed by atoms with Gasteiger partial charge in [-0.3, -0.25) is 26.4 Å². The summed E-state index contributed by atoms with van der Waals surface area (Å²) in [4.78, 5) is 64.0. The van der Waals surface area contributed by atoms with Crippen molar-refractivity contribution in [2.24, 2.45) is 11.5 Å². The van der Waals surface area contributed by atoms with Gasteiger partial charge in [0.1, 0.15) is 12.2 Å². The third-order valence-electron chi connectivity index (χ3n) is 4.23. The molecule has 0 aliphatic carbocycles. The highest BCUT2D eigenvalue weighted by Crippen LogP contribution is 2.29. The molecule has 0 heterocycles. The highest BCUT2D eigenvalue weighted by molar-refractivity contribution is 7.86. The molecule has 0 aromatic heterocycles. The number of carbonyl (C=O) groups excluding carboxylic acids is 2. The van der Waals surface area contributed by atoms with E-state index in [-0.39, 0.29) is 5.69 Å². The number of nitro groups is 1. The number of nitrogens with zero attached hydrogens (tertiary/aromatic N) is 2. The van der Waals surface area contributed by atoms with Gasteiger partial charge in [-0.15, -0.1) is 5.06 Å². The Kier molecular flexibility index (Phi) is 9.84. The first-order valence-electron chi connectivity index (χ1n) is 10.1. The van der Waals surface area contributed by atoms with Crippen molar-refractivity contribution >= 4 is 39.8 Å². The maximum absolute atomic E-state index is 12.8. The largest absolute Gasteiger partial charge is 0.478 e. The van der Waals surface area contributed by atoms with Gasteiger partial charge >= 0.3 is 24.0 Å². The Balaban J connectivity index is 3.33. The Bertz CT molecular complexity index is 1200. The fourth-order valence-electron chi connectivity index (χ4n) is 2.54. The van der Waals surface area contributed by atoms with Gasteiger partial charge in [-0.25, -0.2) is 23.4 Å². The van der Waals surface area contributed by atoms with Crippen molar-refractivity contribution < 1.29 is 61.2 Å². The molecule has 0 saturated carbocycles. The zero-order valence-corrected chi connectivity index (χ0v) is 21.3. The summed E-state index contributed by atoms with van der Waals surface area (Å²) in [5, 5.41) is 29.6. The molecule has 0 fully saturated rings. The molecule has 2 atom stereocenters. The second kappa shape index (κ2) is 11.6. The average molecular weight is 566 g/mol. The van der Waals surface area contributed by atoms with E-state index >= 15 is 0 Å². The first-order valence-corrected chi connectivity index (χ1v) is 12.0. The number of hydrogen-bond acceptors (Lipinski definition) is 14. The summed E-state index contributed by atoms with van der Waals surface area (Å²) >= 11 is 0. The Morgan fingerprint density at radius 3 is 1.97 bits per heavy atom. The van der Waals surface area contributed by atoms with Crippen LogP contribution in [0, 0.1) is 10.1 Å². The fraction of sp³-hybridized carbons (Fsp3) is 0.474. The first-order chi connectivity index (χ1) is 17.1. The van der Waals surface area contributed by atoms with Crippen LogP contribution >= 0.6 is 0 Å². The van der Waals surface area contributed by atoms with Crippen LogP contribution in [0.15, 0.2) is 24.3 Å². The molecule has 19 heteroatoms. The molecule has 0 aliphatic heterocycles. The lowest BCUT2D eigenvalue weighted by molar-refractivity contribution is -0.384. The van der Waals surface area contributed by atoms with E-state index in [2.05, 4.69) is 4.18 Å². The van der Waals surface area contributed by atoms with Crippen molar-refractivity contribution in [2.75, 3.05) is 12.9 Å². The SMILES string of the molecule is CC(C)(C)OC(=O)N(OCC(=O)OCc1ccc([N+](=O)[O-])cc1)[C@](N)(C(=O)O)C(N)(OS(C)(=O)=O)C(=O)O. The van der Waals surface area contributed by atoms with Gasteiger partial charge in [-0.2, -0.15) is 8.42 Å². The molecule has 1 unspecified atom stereocenters. The number of nitrogens with two attached hydrogens (primary N) is 2. The molecule has 1 amide bonds. The van der Waals surface area contributed by atoms with E-state index in [9.17, 15) is 47.9 Å². The van der Waals surface area contributed by atoms with Crippen LogP contribution < -0.4 is 11.5 Å². The van der Waals surface area contributed by atoms with E-state index < -0.39 is 74.3 Å². The Labute approximate surface area is 215 Å². The molecule has 0 bridgehead atoms.